The Labute approximate surface area is 128 Å². The standard InChI is InChI=1S/C14H9BrClN3O/c15-9-5-3-4-8(12(9)16)13-11(14(17)20-19-13)10-6-1-2-7-18-10/h1-7H,17H2. The summed E-state index contributed by atoms with van der Waals surface area (Å²) in [7, 11) is 0. The summed E-state index contributed by atoms with van der Waals surface area (Å²) in [5.41, 5.74) is 8.53. The fraction of sp³-hybridized carbons (Fsp3) is 0. The minimum Gasteiger partial charge on any atom is -0.367 e. The van der Waals surface area contributed by atoms with Gasteiger partial charge in [-0.3, -0.25) is 4.98 Å². The molecule has 2 aromatic heterocycles. The molecule has 6 heteroatoms. The van der Waals surface area contributed by atoms with Crippen LogP contribution in [0.15, 0.2) is 51.6 Å². The molecule has 0 saturated carbocycles. The van der Waals surface area contributed by atoms with Gasteiger partial charge in [-0.1, -0.05) is 35.0 Å². The maximum atomic E-state index is 6.31. The second-order valence-electron chi connectivity index (χ2n) is 4.09. The Morgan fingerprint density at radius 1 is 1.15 bits per heavy atom. The summed E-state index contributed by atoms with van der Waals surface area (Å²) in [4.78, 5) is 4.29. The van der Waals surface area contributed by atoms with E-state index in [-0.39, 0.29) is 5.88 Å². The zero-order valence-electron chi connectivity index (χ0n) is 10.2. The molecular weight excluding hydrogens is 342 g/mol. The summed E-state index contributed by atoms with van der Waals surface area (Å²) < 4.78 is 5.90. The molecule has 3 rings (SSSR count). The van der Waals surface area contributed by atoms with E-state index in [0.29, 0.717) is 22.0 Å². The molecule has 0 fully saturated rings. The molecule has 20 heavy (non-hydrogen) atoms. The highest BCUT2D eigenvalue weighted by Gasteiger charge is 2.20. The first kappa shape index (κ1) is 13.1. The summed E-state index contributed by atoms with van der Waals surface area (Å²) in [6, 6.07) is 11.1. The number of nitrogens with two attached hydrogens (primary N) is 1. The van der Waals surface area contributed by atoms with Crippen LogP contribution in [-0.2, 0) is 0 Å². The lowest BCUT2D eigenvalue weighted by atomic mass is 10.0. The lowest BCUT2D eigenvalue weighted by Gasteiger charge is -2.05. The molecule has 0 amide bonds. The molecule has 0 radical (unpaired) electrons. The van der Waals surface area contributed by atoms with E-state index < -0.39 is 0 Å². The second-order valence-corrected chi connectivity index (χ2v) is 5.32. The van der Waals surface area contributed by atoms with Crippen LogP contribution >= 0.6 is 27.5 Å². The van der Waals surface area contributed by atoms with E-state index in [1.165, 1.54) is 0 Å². The Bertz CT molecular complexity index is 758. The maximum absolute atomic E-state index is 6.31. The lowest BCUT2D eigenvalue weighted by molar-refractivity contribution is 0.439. The van der Waals surface area contributed by atoms with E-state index >= 15 is 0 Å². The number of nitrogen functional groups attached to an aromatic ring is 1. The van der Waals surface area contributed by atoms with Gasteiger partial charge in [0.15, 0.2) is 0 Å². The lowest BCUT2D eigenvalue weighted by Crippen LogP contribution is -1.90. The Morgan fingerprint density at radius 2 is 2.00 bits per heavy atom. The summed E-state index contributed by atoms with van der Waals surface area (Å²) in [5.74, 6) is 0.217. The first-order chi connectivity index (χ1) is 9.68. The largest absolute Gasteiger partial charge is 0.367 e. The smallest absolute Gasteiger partial charge is 0.232 e. The van der Waals surface area contributed by atoms with Crippen molar-refractivity contribution in [3.05, 3.63) is 52.1 Å². The minimum atomic E-state index is 0.217. The SMILES string of the molecule is Nc1onc(-c2cccc(Br)c2Cl)c1-c1ccccn1. The molecule has 2 heterocycles. The van der Waals surface area contributed by atoms with Crippen molar-refractivity contribution in [3.8, 4) is 22.5 Å². The van der Waals surface area contributed by atoms with Crippen LogP contribution in [0.1, 0.15) is 0 Å². The number of rotatable bonds is 2. The fourth-order valence-electron chi connectivity index (χ4n) is 1.93. The number of anilines is 1. The molecule has 2 N–H and O–H groups in total. The molecule has 0 aliphatic carbocycles. The van der Waals surface area contributed by atoms with Crippen LogP contribution in [0.3, 0.4) is 0 Å². The molecule has 0 spiro atoms. The number of pyridine rings is 1. The van der Waals surface area contributed by atoms with E-state index in [0.717, 1.165) is 10.0 Å². The van der Waals surface area contributed by atoms with Gasteiger partial charge in [-0.25, -0.2) is 0 Å². The highest BCUT2D eigenvalue weighted by atomic mass is 79.9. The number of hydrogen-bond acceptors (Lipinski definition) is 4. The van der Waals surface area contributed by atoms with E-state index in [9.17, 15) is 0 Å². The monoisotopic (exact) mass is 349 g/mol. The van der Waals surface area contributed by atoms with Crippen LogP contribution in [0.2, 0.25) is 5.02 Å². The summed E-state index contributed by atoms with van der Waals surface area (Å²) in [5, 5.41) is 4.57. The third-order valence-electron chi connectivity index (χ3n) is 2.85. The van der Waals surface area contributed by atoms with Crippen molar-refractivity contribution >= 4 is 33.4 Å². The van der Waals surface area contributed by atoms with Crippen molar-refractivity contribution < 1.29 is 4.52 Å². The number of hydrogen-bond donors (Lipinski definition) is 1. The van der Waals surface area contributed by atoms with Gasteiger partial charge in [0, 0.05) is 16.2 Å². The third-order valence-corrected chi connectivity index (χ3v) is 4.14. The van der Waals surface area contributed by atoms with Gasteiger partial charge in [0.1, 0.15) is 5.69 Å². The van der Waals surface area contributed by atoms with E-state index in [4.69, 9.17) is 21.9 Å². The average Bonchev–Trinajstić information content (AvgIpc) is 2.84. The van der Waals surface area contributed by atoms with Crippen LogP contribution in [0, 0.1) is 0 Å². The van der Waals surface area contributed by atoms with E-state index in [1.807, 2.05) is 36.4 Å². The molecule has 0 atom stereocenters. The summed E-state index contributed by atoms with van der Waals surface area (Å²) in [6.45, 7) is 0. The Hall–Kier alpha value is -1.85. The molecular formula is C14H9BrClN3O. The maximum Gasteiger partial charge on any atom is 0.232 e. The van der Waals surface area contributed by atoms with Gasteiger partial charge >= 0.3 is 0 Å². The van der Waals surface area contributed by atoms with Crippen molar-refractivity contribution in [2.75, 3.05) is 5.73 Å². The van der Waals surface area contributed by atoms with Crippen molar-refractivity contribution in [1.82, 2.24) is 10.1 Å². The van der Waals surface area contributed by atoms with Gasteiger partial charge in [-0.15, -0.1) is 0 Å². The zero-order chi connectivity index (χ0) is 14.1. The topological polar surface area (TPSA) is 64.9 Å². The molecule has 0 unspecified atom stereocenters. The van der Waals surface area contributed by atoms with Gasteiger partial charge in [-0.05, 0) is 34.1 Å². The summed E-state index contributed by atoms with van der Waals surface area (Å²) in [6.07, 6.45) is 1.69. The predicted octanol–water partition coefficient (Wildman–Crippen LogP) is 4.40. The van der Waals surface area contributed by atoms with Gasteiger partial charge in [0.2, 0.25) is 5.88 Å². The van der Waals surface area contributed by atoms with E-state index in [1.54, 1.807) is 6.20 Å². The molecule has 0 aliphatic rings. The minimum absolute atomic E-state index is 0.217. The number of nitrogens with zero attached hydrogens (tertiary/aromatic N) is 2. The molecule has 0 bridgehead atoms. The molecule has 0 aliphatic heterocycles. The normalized spacial score (nSPS) is 10.7. The Balaban J connectivity index is 2.24. The Morgan fingerprint density at radius 3 is 2.75 bits per heavy atom. The zero-order valence-corrected chi connectivity index (χ0v) is 12.5. The molecule has 3 aromatic rings. The van der Waals surface area contributed by atoms with Gasteiger partial charge < -0.3 is 10.3 Å². The van der Waals surface area contributed by atoms with Crippen LogP contribution in [0.5, 0.6) is 0 Å². The molecule has 1 aromatic carbocycles. The first-order valence-corrected chi connectivity index (χ1v) is 6.96. The number of halogens is 2. The van der Waals surface area contributed by atoms with Gasteiger partial charge in [0.25, 0.3) is 0 Å². The molecule has 4 nitrogen and oxygen atoms in total. The summed E-state index contributed by atoms with van der Waals surface area (Å²) >= 11 is 9.70. The Kier molecular flexibility index (Phi) is 3.46. The van der Waals surface area contributed by atoms with Crippen LogP contribution in [-0.4, -0.2) is 10.1 Å². The van der Waals surface area contributed by atoms with Crippen molar-refractivity contribution in [2.24, 2.45) is 0 Å². The van der Waals surface area contributed by atoms with Crippen molar-refractivity contribution in [3.63, 3.8) is 0 Å². The quantitative estimate of drug-likeness (QED) is 0.744. The van der Waals surface area contributed by atoms with Crippen LogP contribution in [0.4, 0.5) is 5.88 Å². The van der Waals surface area contributed by atoms with Crippen LogP contribution in [0.25, 0.3) is 22.5 Å². The average molecular weight is 351 g/mol. The van der Waals surface area contributed by atoms with Crippen molar-refractivity contribution in [2.45, 2.75) is 0 Å². The van der Waals surface area contributed by atoms with Gasteiger partial charge in [-0.2, -0.15) is 0 Å². The van der Waals surface area contributed by atoms with E-state index in [2.05, 4.69) is 26.1 Å². The van der Waals surface area contributed by atoms with Crippen LogP contribution < -0.4 is 5.73 Å². The van der Waals surface area contributed by atoms with Crippen molar-refractivity contribution in [1.29, 1.82) is 0 Å². The predicted molar refractivity (Wildman–Crippen MR) is 82.3 cm³/mol. The fourth-order valence-corrected chi connectivity index (χ4v) is 2.51. The molecule has 100 valence electrons. The second kappa shape index (κ2) is 5.26. The number of benzene rings is 1. The molecule has 0 saturated heterocycles. The highest BCUT2D eigenvalue weighted by molar-refractivity contribution is 9.10. The first-order valence-electron chi connectivity index (χ1n) is 5.79. The highest BCUT2D eigenvalue weighted by Crippen LogP contribution is 2.40. The third kappa shape index (κ3) is 2.19. The number of aromatic nitrogens is 2. The van der Waals surface area contributed by atoms with Gasteiger partial charge in [0.05, 0.1) is 16.3 Å².